The third-order valence-electron chi connectivity index (χ3n) is 4.31. The van der Waals surface area contributed by atoms with E-state index in [1.807, 2.05) is 23.6 Å². The number of hydrogen-bond donors (Lipinski definition) is 1. The molecule has 2 aromatic heterocycles. The third-order valence-corrected chi connectivity index (χ3v) is 5.17. The lowest BCUT2D eigenvalue weighted by atomic mass is 9.98. The number of oxazole rings is 1. The molecule has 0 radical (unpaired) electrons. The van der Waals surface area contributed by atoms with Gasteiger partial charge in [-0.1, -0.05) is 66.2 Å². The van der Waals surface area contributed by atoms with Crippen LogP contribution in [0.5, 0.6) is 0 Å². The van der Waals surface area contributed by atoms with E-state index in [0.717, 1.165) is 10.6 Å². The maximum atomic E-state index is 5.63. The highest BCUT2D eigenvalue weighted by Crippen LogP contribution is 2.25. The third kappa shape index (κ3) is 3.77. The summed E-state index contributed by atoms with van der Waals surface area (Å²) in [5, 5.41) is 5.66. The summed E-state index contributed by atoms with van der Waals surface area (Å²) in [6.07, 6.45) is 1.74. The normalized spacial score (nSPS) is 12.2. The zero-order chi connectivity index (χ0) is 17.8. The molecule has 0 unspecified atom stereocenters. The molecule has 130 valence electrons. The first-order valence-corrected chi connectivity index (χ1v) is 9.51. The molecule has 0 bridgehead atoms. The monoisotopic (exact) mass is 360 g/mol. The van der Waals surface area contributed by atoms with Crippen LogP contribution in [0.3, 0.4) is 0 Å². The summed E-state index contributed by atoms with van der Waals surface area (Å²) >= 11 is 1.63. The first-order chi connectivity index (χ1) is 12.8. The van der Waals surface area contributed by atoms with Crippen LogP contribution < -0.4 is 5.32 Å². The number of aryl methyl sites for hydroxylation is 1. The van der Waals surface area contributed by atoms with Gasteiger partial charge in [-0.15, -0.1) is 11.3 Å². The van der Waals surface area contributed by atoms with Gasteiger partial charge in [0.05, 0.1) is 16.6 Å². The van der Waals surface area contributed by atoms with Crippen molar-refractivity contribution in [3.63, 3.8) is 0 Å². The fourth-order valence-electron chi connectivity index (χ4n) is 2.94. The minimum absolute atomic E-state index is 0.110. The average Bonchev–Trinajstić information content (AvgIpc) is 3.36. The maximum Gasteiger partial charge on any atom is 0.236 e. The number of rotatable bonds is 6. The summed E-state index contributed by atoms with van der Waals surface area (Å²) in [5.74, 6) is 0.684. The van der Waals surface area contributed by atoms with Gasteiger partial charge in [0, 0.05) is 6.54 Å². The van der Waals surface area contributed by atoms with Crippen molar-refractivity contribution >= 4 is 11.3 Å². The van der Waals surface area contributed by atoms with Crippen LogP contribution in [0.15, 0.2) is 82.8 Å². The Kier molecular flexibility index (Phi) is 4.95. The number of aromatic nitrogens is 1. The van der Waals surface area contributed by atoms with E-state index in [9.17, 15) is 0 Å². The van der Waals surface area contributed by atoms with Crippen LogP contribution >= 0.6 is 11.3 Å². The molecular weight excluding hydrogens is 340 g/mol. The Morgan fingerprint density at radius 2 is 1.73 bits per heavy atom. The SMILES string of the molecule is Cc1ccc([C@@H](NCc2coc(-c3cccs3)n2)c2ccccc2)cc1. The summed E-state index contributed by atoms with van der Waals surface area (Å²) in [6, 6.07) is 23.3. The molecule has 1 N–H and O–H groups in total. The fourth-order valence-corrected chi connectivity index (χ4v) is 3.60. The highest BCUT2D eigenvalue weighted by Gasteiger charge is 2.15. The van der Waals surface area contributed by atoms with E-state index in [1.165, 1.54) is 16.7 Å². The van der Waals surface area contributed by atoms with E-state index < -0.39 is 0 Å². The number of hydrogen-bond acceptors (Lipinski definition) is 4. The Hall–Kier alpha value is -2.69. The molecule has 0 fully saturated rings. The van der Waals surface area contributed by atoms with E-state index in [0.29, 0.717) is 12.4 Å². The van der Waals surface area contributed by atoms with Gasteiger partial charge in [0.1, 0.15) is 6.26 Å². The summed E-state index contributed by atoms with van der Waals surface area (Å²) < 4.78 is 5.63. The molecule has 3 nitrogen and oxygen atoms in total. The average molecular weight is 360 g/mol. The molecule has 0 saturated carbocycles. The van der Waals surface area contributed by atoms with Crippen LogP contribution in [0.25, 0.3) is 10.8 Å². The van der Waals surface area contributed by atoms with Crippen molar-refractivity contribution in [2.45, 2.75) is 19.5 Å². The van der Waals surface area contributed by atoms with Gasteiger partial charge in [-0.25, -0.2) is 4.98 Å². The molecule has 2 aromatic carbocycles. The van der Waals surface area contributed by atoms with Crippen molar-refractivity contribution in [2.24, 2.45) is 0 Å². The molecule has 0 aliphatic rings. The van der Waals surface area contributed by atoms with E-state index in [4.69, 9.17) is 4.42 Å². The minimum Gasteiger partial charge on any atom is -0.444 e. The fraction of sp³-hybridized carbons (Fsp3) is 0.136. The van der Waals surface area contributed by atoms with Crippen molar-refractivity contribution in [3.8, 4) is 10.8 Å². The molecule has 0 aliphatic heterocycles. The molecule has 0 saturated heterocycles. The lowest BCUT2D eigenvalue weighted by Gasteiger charge is -2.19. The first-order valence-electron chi connectivity index (χ1n) is 8.63. The highest BCUT2D eigenvalue weighted by molar-refractivity contribution is 7.13. The Morgan fingerprint density at radius 3 is 2.46 bits per heavy atom. The van der Waals surface area contributed by atoms with Gasteiger partial charge in [-0.05, 0) is 29.5 Å². The standard InChI is InChI=1S/C22H20N2OS/c1-16-9-11-18(12-10-16)21(17-6-3-2-4-7-17)23-14-19-15-25-22(24-19)20-8-5-13-26-20/h2-13,15,21,23H,14H2,1H3/t21-/m0/s1. The topological polar surface area (TPSA) is 38.1 Å². The Balaban J connectivity index is 1.54. The maximum absolute atomic E-state index is 5.63. The molecule has 4 heteroatoms. The van der Waals surface area contributed by atoms with Crippen LogP contribution in [-0.2, 0) is 6.54 Å². The molecule has 4 aromatic rings. The van der Waals surface area contributed by atoms with Crippen LogP contribution in [0.2, 0.25) is 0 Å². The Labute approximate surface area is 157 Å². The van der Waals surface area contributed by atoms with Crippen molar-refractivity contribution in [1.29, 1.82) is 0 Å². The van der Waals surface area contributed by atoms with Gasteiger partial charge in [0.25, 0.3) is 0 Å². The molecule has 26 heavy (non-hydrogen) atoms. The largest absolute Gasteiger partial charge is 0.444 e. The van der Waals surface area contributed by atoms with E-state index >= 15 is 0 Å². The van der Waals surface area contributed by atoms with Crippen LogP contribution in [0.1, 0.15) is 28.4 Å². The van der Waals surface area contributed by atoms with Gasteiger partial charge in [-0.3, -0.25) is 0 Å². The van der Waals surface area contributed by atoms with Crippen LogP contribution in [0, 0.1) is 6.92 Å². The van der Waals surface area contributed by atoms with Crippen molar-refractivity contribution < 1.29 is 4.42 Å². The summed E-state index contributed by atoms with van der Waals surface area (Å²) in [4.78, 5) is 5.66. The van der Waals surface area contributed by atoms with E-state index in [-0.39, 0.29) is 6.04 Å². The summed E-state index contributed by atoms with van der Waals surface area (Å²) in [6.45, 7) is 2.75. The van der Waals surface area contributed by atoms with Gasteiger partial charge >= 0.3 is 0 Å². The van der Waals surface area contributed by atoms with Crippen molar-refractivity contribution in [1.82, 2.24) is 10.3 Å². The lowest BCUT2D eigenvalue weighted by molar-refractivity contribution is 0.565. The lowest BCUT2D eigenvalue weighted by Crippen LogP contribution is -2.22. The summed E-state index contributed by atoms with van der Waals surface area (Å²) in [5.41, 5.74) is 4.64. The molecule has 0 amide bonds. The quantitative estimate of drug-likeness (QED) is 0.487. The van der Waals surface area contributed by atoms with Gasteiger partial charge in [0.15, 0.2) is 0 Å². The second-order valence-corrected chi connectivity index (χ2v) is 7.20. The predicted octanol–water partition coefficient (Wildman–Crippen LogP) is 5.59. The zero-order valence-corrected chi connectivity index (χ0v) is 15.4. The van der Waals surface area contributed by atoms with Crippen LogP contribution in [-0.4, -0.2) is 4.98 Å². The predicted molar refractivity (Wildman–Crippen MR) is 106 cm³/mol. The highest BCUT2D eigenvalue weighted by atomic mass is 32.1. The number of nitrogens with one attached hydrogen (secondary N) is 1. The minimum atomic E-state index is 0.110. The smallest absolute Gasteiger partial charge is 0.236 e. The summed E-state index contributed by atoms with van der Waals surface area (Å²) in [7, 11) is 0. The molecule has 1 atom stereocenters. The molecule has 0 aliphatic carbocycles. The Morgan fingerprint density at radius 1 is 0.962 bits per heavy atom. The first kappa shape index (κ1) is 16.8. The number of nitrogens with zero attached hydrogens (tertiary/aromatic N) is 1. The second-order valence-electron chi connectivity index (χ2n) is 6.26. The molecule has 4 rings (SSSR count). The second kappa shape index (κ2) is 7.68. The van der Waals surface area contributed by atoms with Crippen molar-refractivity contribution in [2.75, 3.05) is 0 Å². The van der Waals surface area contributed by atoms with Gasteiger partial charge < -0.3 is 9.73 Å². The Bertz CT molecular complexity index is 944. The zero-order valence-electron chi connectivity index (χ0n) is 14.6. The number of benzene rings is 2. The number of thiophene rings is 1. The molecule has 2 heterocycles. The molecule has 0 spiro atoms. The van der Waals surface area contributed by atoms with Crippen molar-refractivity contribution in [3.05, 3.63) is 101 Å². The van der Waals surface area contributed by atoms with Crippen LogP contribution in [0.4, 0.5) is 0 Å². The van der Waals surface area contributed by atoms with E-state index in [2.05, 4.69) is 65.8 Å². The van der Waals surface area contributed by atoms with Gasteiger partial charge in [-0.2, -0.15) is 0 Å². The van der Waals surface area contributed by atoms with E-state index in [1.54, 1.807) is 17.6 Å². The van der Waals surface area contributed by atoms with Gasteiger partial charge in [0.2, 0.25) is 5.89 Å². The molecular formula is C22H20N2OS.